The van der Waals surface area contributed by atoms with Gasteiger partial charge in [0.05, 0.1) is 10.8 Å². The second kappa shape index (κ2) is 7.01. The van der Waals surface area contributed by atoms with Crippen molar-refractivity contribution < 1.29 is 13.8 Å². The highest BCUT2D eigenvalue weighted by Gasteiger charge is 2.34. The van der Waals surface area contributed by atoms with Gasteiger partial charge in [0.2, 0.25) is 11.6 Å². The molecular weight excluding hydrogens is 298 g/mol. The number of benzene rings is 1. The highest BCUT2D eigenvalue weighted by atomic mass is 32.2. The summed E-state index contributed by atoms with van der Waals surface area (Å²) >= 11 is 0. The van der Waals surface area contributed by atoms with Gasteiger partial charge in [-0.2, -0.15) is 0 Å². The first kappa shape index (κ1) is 16.6. The Balaban J connectivity index is 2.52. The number of Topliss-reactive ketones (excluding diaryl/α,β-unsaturated/α-hetero) is 2. The van der Waals surface area contributed by atoms with Crippen molar-refractivity contribution in [3.8, 4) is 0 Å². The van der Waals surface area contributed by atoms with E-state index in [1.807, 2.05) is 20.8 Å². The summed E-state index contributed by atoms with van der Waals surface area (Å²) in [4.78, 5) is 25.5. The third-order valence-electron chi connectivity index (χ3n) is 3.38. The minimum atomic E-state index is -1.46. The van der Waals surface area contributed by atoms with Crippen LogP contribution in [0.5, 0.6) is 0 Å². The van der Waals surface area contributed by atoms with Gasteiger partial charge in [-0.3, -0.25) is 13.8 Å². The van der Waals surface area contributed by atoms with Crippen molar-refractivity contribution in [2.24, 2.45) is 5.92 Å². The Labute approximate surface area is 133 Å². The molecule has 1 atom stereocenters. The molecule has 0 heterocycles. The van der Waals surface area contributed by atoms with Gasteiger partial charge >= 0.3 is 0 Å². The number of carbonyl (C=O) groups excluding carboxylic acids is 2. The predicted molar refractivity (Wildman–Crippen MR) is 88.3 cm³/mol. The van der Waals surface area contributed by atoms with Gasteiger partial charge in [-0.05, 0) is 12.3 Å². The second-order valence-corrected chi connectivity index (χ2v) is 7.24. The van der Waals surface area contributed by atoms with E-state index in [1.54, 1.807) is 24.3 Å². The van der Waals surface area contributed by atoms with Crippen molar-refractivity contribution in [2.45, 2.75) is 27.2 Å². The molecule has 1 aliphatic rings. The Morgan fingerprint density at radius 3 is 2.23 bits per heavy atom. The zero-order valence-corrected chi connectivity index (χ0v) is 14.0. The van der Waals surface area contributed by atoms with Gasteiger partial charge in [-0.1, -0.05) is 45.0 Å². The summed E-state index contributed by atoms with van der Waals surface area (Å²) in [5.74, 6) is 0.153. The smallest absolute Gasteiger partial charge is 0.210 e. The monoisotopic (exact) mass is 319 g/mol. The zero-order valence-electron chi connectivity index (χ0n) is 13.1. The first-order valence-electron chi connectivity index (χ1n) is 7.52. The van der Waals surface area contributed by atoms with E-state index in [-0.39, 0.29) is 22.2 Å². The number of rotatable bonds is 6. The molecule has 0 amide bonds. The summed E-state index contributed by atoms with van der Waals surface area (Å²) in [6.45, 7) is 6.49. The molecule has 5 heteroatoms. The topological polar surface area (TPSA) is 63.2 Å². The average molecular weight is 319 g/mol. The molecule has 1 N–H and O–H groups in total. The Morgan fingerprint density at radius 2 is 1.68 bits per heavy atom. The second-order valence-electron chi connectivity index (χ2n) is 5.73. The van der Waals surface area contributed by atoms with Crippen LogP contribution in [0.1, 0.15) is 47.9 Å². The molecule has 0 saturated carbocycles. The lowest BCUT2D eigenvalue weighted by Gasteiger charge is -2.22. The largest absolute Gasteiger partial charge is 0.381 e. The van der Waals surface area contributed by atoms with E-state index in [4.69, 9.17) is 0 Å². The maximum absolute atomic E-state index is 12.7. The van der Waals surface area contributed by atoms with E-state index >= 15 is 0 Å². The lowest BCUT2D eigenvalue weighted by molar-refractivity contribution is 0.0974. The van der Waals surface area contributed by atoms with E-state index < -0.39 is 10.8 Å². The van der Waals surface area contributed by atoms with Gasteiger partial charge in [0.1, 0.15) is 10.6 Å². The molecule has 0 aliphatic heterocycles. The van der Waals surface area contributed by atoms with Crippen LogP contribution in [0.15, 0.2) is 34.9 Å². The van der Waals surface area contributed by atoms with E-state index in [0.717, 1.165) is 0 Å². The molecule has 4 nitrogen and oxygen atoms in total. The third kappa shape index (κ3) is 3.19. The maximum atomic E-state index is 12.7. The van der Waals surface area contributed by atoms with Gasteiger partial charge in [0, 0.05) is 23.4 Å². The van der Waals surface area contributed by atoms with E-state index in [9.17, 15) is 13.8 Å². The van der Waals surface area contributed by atoms with Crippen molar-refractivity contribution in [2.75, 3.05) is 12.3 Å². The van der Waals surface area contributed by atoms with E-state index in [2.05, 4.69) is 5.32 Å². The van der Waals surface area contributed by atoms with Crippen molar-refractivity contribution in [3.63, 3.8) is 0 Å². The molecule has 0 aromatic heterocycles. The Kier molecular flexibility index (Phi) is 5.29. The third-order valence-corrected chi connectivity index (χ3v) is 5.00. The van der Waals surface area contributed by atoms with E-state index in [0.29, 0.717) is 35.8 Å². The summed E-state index contributed by atoms with van der Waals surface area (Å²) in [6, 6.07) is 6.72. The maximum Gasteiger partial charge on any atom is 0.210 e. The van der Waals surface area contributed by atoms with Crippen LogP contribution in [-0.4, -0.2) is 28.1 Å². The highest BCUT2D eigenvalue weighted by molar-refractivity contribution is 7.90. The molecule has 1 aliphatic carbocycles. The predicted octanol–water partition coefficient (Wildman–Crippen LogP) is 2.68. The Morgan fingerprint density at radius 1 is 1.09 bits per heavy atom. The number of nitrogens with one attached hydrogen (secondary N) is 1. The minimum absolute atomic E-state index is 0.131. The van der Waals surface area contributed by atoms with Crippen LogP contribution < -0.4 is 5.32 Å². The zero-order chi connectivity index (χ0) is 16.3. The van der Waals surface area contributed by atoms with Gasteiger partial charge in [-0.25, -0.2) is 0 Å². The molecule has 118 valence electrons. The number of carbonyl (C=O) groups is 2. The summed E-state index contributed by atoms with van der Waals surface area (Å²) < 4.78 is 12.5. The number of hydrogen-bond donors (Lipinski definition) is 1. The molecule has 0 saturated heterocycles. The lowest BCUT2D eigenvalue weighted by Crippen LogP contribution is -2.34. The Hall–Kier alpha value is -1.75. The number of allylic oxidation sites excluding steroid dienone is 2. The summed E-state index contributed by atoms with van der Waals surface area (Å²) in [6.07, 6.45) is 0.691. The van der Waals surface area contributed by atoms with Crippen molar-refractivity contribution in [1.29, 1.82) is 0 Å². The van der Waals surface area contributed by atoms with Crippen molar-refractivity contribution >= 4 is 22.4 Å². The molecular formula is C17H21NO3S. The van der Waals surface area contributed by atoms with Gasteiger partial charge < -0.3 is 5.32 Å². The van der Waals surface area contributed by atoms with Gasteiger partial charge in [0.25, 0.3) is 0 Å². The standard InChI is InChI=1S/C17H21NO3S/c1-4-9-22(21)17-14(18-10-11(2)3)15(19)12-7-5-6-8-13(12)16(17)20/h5-8,11,18H,4,9-10H2,1-3H3. The van der Waals surface area contributed by atoms with Crippen LogP contribution in [0.2, 0.25) is 0 Å². The molecule has 0 bridgehead atoms. The normalized spacial score (nSPS) is 16.0. The van der Waals surface area contributed by atoms with Crippen LogP contribution in [0.3, 0.4) is 0 Å². The minimum Gasteiger partial charge on any atom is -0.381 e. The van der Waals surface area contributed by atoms with Crippen molar-refractivity contribution in [3.05, 3.63) is 46.0 Å². The number of fused-ring (bicyclic) bond motifs is 1. The summed E-state index contributed by atoms with van der Waals surface area (Å²) in [7, 11) is -1.46. The SMILES string of the molecule is CCCS(=O)C1=C(NCC(C)C)C(=O)c2ccccc2C1=O. The molecule has 1 aromatic rings. The summed E-state index contributed by atoms with van der Waals surface area (Å²) in [5, 5.41) is 3.05. The highest BCUT2D eigenvalue weighted by Crippen LogP contribution is 2.27. The number of ketones is 2. The fourth-order valence-corrected chi connectivity index (χ4v) is 3.61. The molecule has 2 rings (SSSR count). The molecule has 0 spiro atoms. The molecule has 0 fully saturated rings. The average Bonchev–Trinajstić information content (AvgIpc) is 2.49. The first-order chi connectivity index (χ1) is 10.5. The van der Waals surface area contributed by atoms with Crippen LogP contribution >= 0.6 is 0 Å². The number of hydrogen-bond acceptors (Lipinski definition) is 4. The fraction of sp³-hybridized carbons (Fsp3) is 0.412. The van der Waals surface area contributed by atoms with Crippen LogP contribution in [0.4, 0.5) is 0 Å². The van der Waals surface area contributed by atoms with E-state index in [1.165, 1.54) is 0 Å². The molecule has 1 unspecified atom stereocenters. The van der Waals surface area contributed by atoms with Gasteiger partial charge in [0.15, 0.2) is 0 Å². The Bertz CT molecular complexity index is 662. The quantitative estimate of drug-likeness (QED) is 0.875. The van der Waals surface area contributed by atoms with Crippen molar-refractivity contribution in [1.82, 2.24) is 5.32 Å². The molecule has 0 radical (unpaired) electrons. The van der Waals surface area contributed by atoms with Crippen LogP contribution in [0.25, 0.3) is 0 Å². The molecule has 1 aromatic carbocycles. The summed E-state index contributed by atoms with van der Waals surface area (Å²) in [5.41, 5.74) is 0.947. The first-order valence-corrected chi connectivity index (χ1v) is 8.84. The van der Waals surface area contributed by atoms with Gasteiger partial charge in [-0.15, -0.1) is 0 Å². The lowest BCUT2D eigenvalue weighted by atomic mass is 9.92. The van der Waals surface area contributed by atoms with Crippen LogP contribution in [0, 0.1) is 5.92 Å². The fourth-order valence-electron chi connectivity index (χ4n) is 2.32. The molecule has 22 heavy (non-hydrogen) atoms. The van der Waals surface area contributed by atoms with Crippen LogP contribution in [-0.2, 0) is 10.8 Å².